The number of aliphatic carboxylic acids is 1. The minimum atomic E-state index is -0.957. The van der Waals surface area contributed by atoms with Gasteiger partial charge in [0.05, 0.1) is 12.5 Å². The van der Waals surface area contributed by atoms with Crippen molar-refractivity contribution >= 4 is 11.9 Å². The Morgan fingerprint density at radius 3 is 2.29 bits per heavy atom. The molecule has 1 aliphatic rings. The van der Waals surface area contributed by atoms with Crippen molar-refractivity contribution in [1.29, 1.82) is 0 Å². The van der Waals surface area contributed by atoms with E-state index in [0.717, 1.165) is 32.4 Å². The molecule has 5 heteroatoms. The number of esters is 1. The van der Waals surface area contributed by atoms with Gasteiger partial charge in [-0.15, -0.1) is 0 Å². The minimum absolute atomic E-state index is 0.175. The van der Waals surface area contributed by atoms with Gasteiger partial charge in [-0.25, -0.2) is 0 Å². The molecule has 1 heterocycles. The monoisotopic (exact) mass is 243 g/mol. The van der Waals surface area contributed by atoms with E-state index in [2.05, 4.69) is 0 Å². The molecule has 0 aromatic rings. The van der Waals surface area contributed by atoms with Gasteiger partial charge in [0.2, 0.25) is 0 Å². The van der Waals surface area contributed by atoms with Gasteiger partial charge in [-0.1, -0.05) is 6.42 Å². The molecule has 0 aliphatic carbocycles. The van der Waals surface area contributed by atoms with Crippen LogP contribution in [0.25, 0.3) is 0 Å². The van der Waals surface area contributed by atoms with Gasteiger partial charge in [0.25, 0.3) is 0 Å². The lowest BCUT2D eigenvalue weighted by Crippen LogP contribution is -2.46. The van der Waals surface area contributed by atoms with Gasteiger partial charge in [0, 0.05) is 0 Å². The number of ether oxygens (including phenoxy) is 1. The maximum absolute atomic E-state index is 11.9. The van der Waals surface area contributed by atoms with E-state index in [1.54, 1.807) is 13.8 Å². The quantitative estimate of drug-likeness (QED) is 0.736. The Hall–Kier alpha value is -1.10. The summed E-state index contributed by atoms with van der Waals surface area (Å²) in [4.78, 5) is 24.6. The van der Waals surface area contributed by atoms with E-state index in [-0.39, 0.29) is 12.5 Å². The third-order valence-corrected chi connectivity index (χ3v) is 2.82. The Balaban J connectivity index is 2.64. The van der Waals surface area contributed by atoms with Crippen LogP contribution in [0.15, 0.2) is 0 Å². The number of carbonyl (C=O) groups is 2. The minimum Gasteiger partial charge on any atom is -0.481 e. The van der Waals surface area contributed by atoms with Crippen molar-refractivity contribution in [1.82, 2.24) is 4.90 Å². The summed E-state index contributed by atoms with van der Waals surface area (Å²) in [7, 11) is 0. The normalized spacial score (nSPS) is 19.0. The highest BCUT2D eigenvalue weighted by Gasteiger charge is 2.30. The Kier molecular flexibility index (Phi) is 5.41. The molecule has 0 radical (unpaired) electrons. The molecule has 1 rings (SSSR count). The molecule has 1 saturated heterocycles. The number of hydrogen-bond acceptors (Lipinski definition) is 4. The van der Waals surface area contributed by atoms with Crippen LogP contribution >= 0.6 is 0 Å². The first-order chi connectivity index (χ1) is 8.00. The third-order valence-electron chi connectivity index (χ3n) is 2.82. The van der Waals surface area contributed by atoms with Crippen molar-refractivity contribution in [2.75, 3.05) is 13.1 Å². The zero-order valence-corrected chi connectivity index (χ0v) is 10.5. The van der Waals surface area contributed by atoms with Gasteiger partial charge in [-0.05, 0) is 39.8 Å². The summed E-state index contributed by atoms with van der Waals surface area (Å²) in [5, 5.41) is 8.86. The second-order valence-electron chi connectivity index (χ2n) is 4.70. The molecule has 0 saturated carbocycles. The van der Waals surface area contributed by atoms with Crippen molar-refractivity contribution in [2.24, 2.45) is 0 Å². The number of carboxylic acids is 1. The zero-order valence-electron chi connectivity index (χ0n) is 10.5. The zero-order chi connectivity index (χ0) is 12.8. The molecule has 0 bridgehead atoms. The van der Waals surface area contributed by atoms with Crippen LogP contribution in [0.1, 0.15) is 39.5 Å². The highest BCUT2D eigenvalue weighted by atomic mass is 16.5. The topological polar surface area (TPSA) is 66.8 Å². The van der Waals surface area contributed by atoms with E-state index in [0.29, 0.717) is 0 Å². The SMILES string of the molecule is CC(C)OC(=O)C(CC(=O)O)N1CCCCC1. The third kappa shape index (κ3) is 4.73. The van der Waals surface area contributed by atoms with E-state index in [1.807, 2.05) is 4.90 Å². The first-order valence-corrected chi connectivity index (χ1v) is 6.17. The van der Waals surface area contributed by atoms with Crippen LogP contribution in [0.3, 0.4) is 0 Å². The lowest BCUT2D eigenvalue weighted by molar-refractivity contribution is -0.158. The molecule has 0 amide bonds. The van der Waals surface area contributed by atoms with Crippen molar-refractivity contribution in [3.63, 3.8) is 0 Å². The van der Waals surface area contributed by atoms with Gasteiger partial charge in [-0.3, -0.25) is 14.5 Å². The Bertz CT molecular complexity index is 272. The van der Waals surface area contributed by atoms with E-state index in [1.165, 1.54) is 0 Å². The van der Waals surface area contributed by atoms with Crippen LogP contribution in [-0.2, 0) is 14.3 Å². The summed E-state index contributed by atoms with van der Waals surface area (Å²) < 4.78 is 5.12. The average molecular weight is 243 g/mol. The molecule has 0 spiro atoms. The molecule has 1 fully saturated rings. The van der Waals surface area contributed by atoms with Crippen LogP contribution < -0.4 is 0 Å². The van der Waals surface area contributed by atoms with Gasteiger partial charge in [-0.2, -0.15) is 0 Å². The lowest BCUT2D eigenvalue weighted by atomic mass is 10.1. The number of rotatable bonds is 5. The summed E-state index contributed by atoms with van der Waals surface area (Å²) in [5.74, 6) is -1.37. The van der Waals surface area contributed by atoms with Gasteiger partial charge in [0.1, 0.15) is 6.04 Å². The van der Waals surface area contributed by atoms with E-state index < -0.39 is 18.0 Å². The Morgan fingerprint density at radius 2 is 1.82 bits per heavy atom. The predicted molar refractivity (Wildman–Crippen MR) is 62.7 cm³/mol. The predicted octanol–water partition coefficient (Wildman–Crippen LogP) is 1.27. The second kappa shape index (κ2) is 6.59. The molecule has 0 aromatic heterocycles. The fourth-order valence-electron chi connectivity index (χ4n) is 2.07. The maximum atomic E-state index is 11.9. The molecule has 1 N–H and O–H groups in total. The van der Waals surface area contributed by atoms with Crippen LogP contribution in [0.2, 0.25) is 0 Å². The second-order valence-corrected chi connectivity index (χ2v) is 4.70. The fourth-order valence-corrected chi connectivity index (χ4v) is 2.07. The van der Waals surface area contributed by atoms with Gasteiger partial charge < -0.3 is 9.84 Å². The molecule has 1 unspecified atom stereocenters. The number of hydrogen-bond donors (Lipinski definition) is 1. The molecule has 1 aliphatic heterocycles. The molecular weight excluding hydrogens is 222 g/mol. The van der Waals surface area contributed by atoms with Gasteiger partial charge in [0.15, 0.2) is 0 Å². The van der Waals surface area contributed by atoms with Crippen molar-refractivity contribution < 1.29 is 19.4 Å². The Morgan fingerprint density at radius 1 is 1.24 bits per heavy atom. The first kappa shape index (κ1) is 14.0. The van der Waals surface area contributed by atoms with Crippen LogP contribution in [0.4, 0.5) is 0 Å². The fraction of sp³-hybridized carbons (Fsp3) is 0.833. The molecule has 17 heavy (non-hydrogen) atoms. The van der Waals surface area contributed by atoms with Crippen molar-refractivity contribution in [3.05, 3.63) is 0 Å². The Labute approximate surface area is 102 Å². The summed E-state index contributed by atoms with van der Waals surface area (Å²) >= 11 is 0. The molecule has 1 atom stereocenters. The summed E-state index contributed by atoms with van der Waals surface area (Å²) in [6, 6.07) is -0.629. The molecular formula is C12H21NO4. The first-order valence-electron chi connectivity index (χ1n) is 6.17. The number of likely N-dealkylation sites (tertiary alicyclic amines) is 1. The molecule has 98 valence electrons. The molecule has 0 aromatic carbocycles. The largest absolute Gasteiger partial charge is 0.481 e. The van der Waals surface area contributed by atoms with Crippen LogP contribution in [0.5, 0.6) is 0 Å². The van der Waals surface area contributed by atoms with Crippen LogP contribution in [0, 0.1) is 0 Å². The summed E-state index contributed by atoms with van der Waals surface area (Å²) in [6.45, 7) is 5.11. The van der Waals surface area contributed by atoms with E-state index >= 15 is 0 Å². The van der Waals surface area contributed by atoms with Crippen molar-refractivity contribution in [3.8, 4) is 0 Å². The van der Waals surface area contributed by atoms with E-state index in [9.17, 15) is 9.59 Å². The highest BCUT2D eigenvalue weighted by molar-refractivity contribution is 5.82. The highest BCUT2D eigenvalue weighted by Crippen LogP contribution is 2.16. The average Bonchev–Trinajstić information content (AvgIpc) is 2.25. The summed E-state index contributed by atoms with van der Waals surface area (Å²) in [6.07, 6.45) is 2.81. The van der Waals surface area contributed by atoms with Crippen LogP contribution in [-0.4, -0.2) is 47.2 Å². The number of carboxylic acid groups (broad SMARTS) is 1. The number of piperidine rings is 1. The molecule has 5 nitrogen and oxygen atoms in total. The van der Waals surface area contributed by atoms with Crippen molar-refractivity contribution in [2.45, 2.75) is 51.7 Å². The standard InChI is InChI=1S/C12H21NO4/c1-9(2)17-12(16)10(8-11(14)15)13-6-4-3-5-7-13/h9-10H,3-8H2,1-2H3,(H,14,15). The maximum Gasteiger partial charge on any atom is 0.324 e. The number of nitrogens with zero attached hydrogens (tertiary/aromatic N) is 1. The van der Waals surface area contributed by atoms with E-state index in [4.69, 9.17) is 9.84 Å². The lowest BCUT2D eigenvalue weighted by Gasteiger charge is -2.32. The number of carbonyl (C=O) groups excluding carboxylic acids is 1. The summed E-state index contributed by atoms with van der Waals surface area (Å²) in [5.41, 5.74) is 0. The van der Waals surface area contributed by atoms with Gasteiger partial charge >= 0.3 is 11.9 Å². The smallest absolute Gasteiger partial charge is 0.324 e.